The van der Waals surface area contributed by atoms with Crippen molar-refractivity contribution in [2.45, 2.75) is 20.3 Å². The summed E-state index contributed by atoms with van der Waals surface area (Å²) in [6, 6.07) is 6.35. The van der Waals surface area contributed by atoms with Gasteiger partial charge in [0.1, 0.15) is 5.57 Å². The maximum absolute atomic E-state index is 12.2. The Morgan fingerprint density at radius 3 is 2.00 bits per heavy atom. The molecule has 0 heterocycles. The van der Waals surface area contributed by atoms with Gasteiger partial charge in [0, 0.05) is 12.0 Å². The quantitative estimate of drug-likeness (QED) is 0.276. The Kier molecular flexibility index (Phi) is 5.05. The van der Waals surface area contributed by atoms with Gasteiger partial charge < -0.3 is 9.47 Å². The fourth-order valence-electron chi connectivity index (χ4n) is 2.39. The van der Waals surface area contributed by atoms with E-state index in [1.54, 1.807) is 32.0 Å². The number of Topliss-reactive ketones (excluding diaryl/α,β-unsaturated/α-hetero) is 2. The molecule has 0 spiro atoms. The van der Waals surface area contributed by atoms with E-state index in [9.17, 15) is 19.2 Å². The summed E-state index contributed by atoms with van der Waals surface area (Å²) < 4.78 is 9.82. The average Bonchev–Trinajstić information content (AvgIpc) is 2.53. The molecule has 6 nitrogen and oxygen atoms in total. The Morgan fingerprint density at radius 2 is 1.48 bits per heavy atom. The van der Waals surface area contributed by atoms with Crippen molar-refractivity contribution in [2.24, 2.45) is 0 Å². The van der Waals surface area contributed by atoms with Crippen LogP contribution in [0.2, 0.25) is 0 Å². The molecule has 0 N–H and O–H groups in total. The van der Waals surface area contributed by atoms with Gasteiger partial charge in [-0.05, 0) is 25.0 Å². The average molecular weight is 316 g/mol. The Labute approximate surface area is 133 Å². The highest BCUT2D eigenvalue weighted by atomic mass is 16.6. The SMILES string of the molecule is CCOC(=O)C(C(=O)OCC)=C1CC(=O)C(=O)c2ccccc21. The molecule has 0 saturated carbocycles. The molecule has 0 aliphatic heterocycles. The molecule has 6 heteroatoms. The van der Waals surface area contributed by atoms with Crippen LogP contribution in [-0.4, -0.2) is 36.7 Å². The van der Waals surface area contributed by atoms with Gasteiger partial charge in [0.15, 0.2) is 0 Å². The van der Waals surface area contributed by atoms with Crippen LogP contribution in [0.3, 0.4) is 0 Å². The third-order valence-corrected chi connectivity index (χ3v) is 3.35. The van der Waals surface area contributed by atoms with Gasteiger partial charge in [0.05, 0.1) is 13.2 Å². The summed E-state index contributed by atoms with van der Waals surface area (Å²) in [5, 5.41) is 0. The molecule has 120 valence electrons. The van der Waals surface area contributed by atoms with Crippen molar-refractivity contribution in [3.05, 3.63) is 41.0 Å². The maximum Gasteiger partial charge on any atom is 0.345 e. The van der Waals surface area contributed by atoms with Crippen molar-refractivity contribution in [2.75, 3.05) is 13.2 Å². The lowest BCUT2D eigenvalue weighted by molar-refractivity contribution is -0.146. The first-order valence-corrected chi connectivity index (χ1v) is 7.25. The van der Waals surface area contributed by atoms with E-state index < -0.39 is 23.5 Å². The van der Waals surface area contributed by atoms with Gasteiger partial charge >= 0.3 is 11.9 Å². The van der Waals surface area contributed by atoms with E-state index in [0.717, 1.165) is 0 Å². The van der Waals surface area contributed by atoms with E-state index in [1.807, 2.05) is 0 Å². The van der Waals surface area contributed by atoms with Crippen molar-refractivity contribution in [3.8, 4) is 0 Å². The summed E-state index contributed by atoms with van der Waals surface area (Å²) in [5.41, 5.74) is 0.391. The number of esters is 2. The second-order valence-corrected chi connectivity index (χ2v) is 4.77. The summed E-state index contributed by atoms with van der Waals surface area (Å²) in [4.78, 5) is 48.3. The molecule has 0 aromatic heterocycles. The lowest BCUT2D eigenvalue weighted by Gasteiger charge is -2.19. The van der Waals surface area contributed by atoms with Crippen LogP contribution in [0.25, 0.3) is 5.57 Å². The number of rotatable bonds is 4. The maximum atomic E-state index is 12.2. The van der Waals surface area contributed by atoms with Crippen LogP contribution < -0.4 is 0 Å². The van der Waals surface area contributed by atoms with E-state index in [-0.39, 0.29) is 36.3 Å². The number of ether oxygens (including phenoxy) is 2. The molecule has 0 fully saturated rings. The minimum Gasteiger partial charge on any atom is -0.462 e. The number of carbonyl (C=O) groups excluding carboxylic acids is 4. The third-order valence-electron chi connectivity index (χ3n) is 3.35. The first-order valence-electron chi connectivity index (χ1n) is 7.25. The van der Waals surface area contributed by atoms with Crippen molar-refractivity contribution in [1.29, 1.82) is 0 Å². The Bertz CT molecular complexity index is 694. The van der Waals surface area contributed by atoms with Gasteiger partial charge in [-0.15, -0.1) is 0 Å². The van der Waals surface area contributed by atoms with Gasteiger partial charge in [-0.25, -0.2) is 9.59 Å². The monoisotopic (exact) mass is 316 g/mol. The van der Waals surface area contributed by atoms with Crippen molar-refractivity contribution in [1.82, 2.24) is 0 Å². The van der Waals surface area contributed by atoms with E-state index >= 15 is 0 Å². The number of carbonyl (C=O) groups is 4. The number of fused-ring (bicyclic) bond motifs is 1. The van der Waals surface area contributed by atoms with Crippen molar-refractivity contribution >= 4 is 29.1 Å². The van der Waals surface area contributed by atoms with Crippen molar-refractivity contribution in [3.63, 3.8) is 0 Å². The summed E-state index contributed by atoms with van der Waals surface area (Å²) in [7, 11) is 0. The molecular weight excluding hydrogens is 300 g/mol. The second-order valence-electron chi connectivity index (χ2n) is 4.77. The van der Waals surface area contributed by atoms with Gasteiger partial charge in [0.2, 0.25) is 11.6 Å². The molecule has 0 bridgehead atoms. The van der Waals surface area contributed by atoms with Crippen LogP contribution in [0, 0.1) is 0 Å². The Morgan fingerprint density at radius 1 is 0.957 bits per heavy atom. The molecule has 1 aromatic carbocycles. The predicted molar refractivity (Wildman–Crippen MR) is 80.6 cm³/mol. The van der Waals surface area contributed by atoms with E-state index in [1.165, 1.54) is 6.07 Å². The summed E-state index contributed by atoms with van der Waals surface area (Å²) >= 11 is 0. The van der Waals surface area contributed by atoms with Crippen molar-refractivity contribution < 1.29 is 28.7 Å². The molecule has 1 aliphatic rings. The van der Waals surface area contributed by atoms with Crippen LogP contribution >= 0.6 is 0 Å². The third kappa shape index (κ3) is 3.21. The molecule has 0 radical (unpaired) electrons. The molecule has 0 atom stereocenters. The predicted octanol–water partition coefficient (Wildman–Crippen LogP) is 1.72. The smallest absolute Gasteiger partial charge is 0.345 e. The summed E-state index contributed by atoms with van der Waals surface area (Å²) in [5.74, 6) is -3.03. The number of hydrogen-bond acceptors (Lipinski definition) is 6. The van der Waals surface area contributed by atoms with E-state index in [4.69, 9.17) is 9.47 Å². The highest BCUT2D eigenvalue weighted by Crippen LogP contribution is 2.32. The molecular formula is C17H16O6. The zero-order valence-corrected chi connectivity index (χ0v) is 12.9. The summed E-state index contributed by atoms with van der Waals surface area (Å²) in [6.07, 6.45) is -0.331. The van der Waals surface area contributed by atoms with Gasteiger partial charge in [-0.3, -0.25) is 9.59 Å². The lowest BCUT2D eigenvalue weighted by Crippen LogP contribution is -2.26. The fraction of sp³-hybridized carbons (Fsp3) is 0.294. The minimum atomic E-state index is -0.863. The molecule has 1 aromatic rings. The Balaban J connectivity index is 2.68. The standard InChI is InChI=1S/C17H16O6/c1-3-22-16(20)14(17(21)23-4-2)12-9-13(18)15(19)11-8-6-5-7-10(11)12/h5-8H,3-4,9H2,1-2H3. The van der Waals surface area contributed by atoms with Crippen LogP contribution in [0.15, 0.2) is 29.8 Å². The van der Waals surface area contributed by atoms with Gasteiger partial charge in [0.25, 0.3) is 0 Å². The molecule has 2 rings (SSSR count). The molecule has 23 heavy (non-hydrogen) atoms. The molecule has 0 unspecified atom stereocenters. The van der Waals surface area contributed by atoms with Crippen LogP contribution in [0.5, 0.6) is 0 Å². The normalized spacial score (nSPS) is 13.4. The van der Waals surface area contributed by atoms with Crippen LogP contribution in [0.4, 0.5) is 0 Å². The number of ketones is 2. The van der Waals surface area contributed by atoms with E-state index in [0.29, 0.717) is 5.56 Å². The zero-order chi connectivity index (χ0) is 17.0. The van der Waals surface area contributed by atoms with Gasteiger partial charge in [-0.1, -0.05) is 24.3 Å². The lowest BCUT2D eigenvalue weighted by atomic mass is 9.83. The number of benzene rings is 1. The highest BCUT2D eigenvalue weighted by Gasteiger charge is 2.35. The number of allylic oxidation sites excluding steroid dienone is 1. The van der Waals surface area contributed by atoms with Crippen LogP contribution in [-0.2, 0) is 23.9 Å². The van der Waals surface area contributed by atoms with Gasteiger partial charge in [-0.2, -0.15) is 0 Å². The fourth-order valence-corrected chi connectivity index (χ4v) is 2.39. The van der Waals surface area contributed by atoms with E-state index in [2.05, 4.69) is 0 Å². The molecule has 1 aliphatic carbocycles. The van der Waals surface area contributed by atoms with Crippen LogP contribution in [0.1, 0.15) is 36.2 Å². The summed E-state index contributed by atoms with van der Waals surface area (Å²) in [6.45, 7) is 3.36. The first kappa shape index (κ1) is 16.6. The first-order chi connectivity index (χ1) is 11.0. The minimum absolute atomic E-state index is 0.0730. The zero-order valence-electron chi connectivity index (χ0n) is 12.9. The topological polar surface area (TPSA) is 86.7 Å². The second kappa shape index (κ2) is 7.00. The highest BCUT2D eigenvalue weighted by molar-refractivity contribution is 6.48. The molecule has 0 amide bonds. The molecule has 0 saturated heterocycles. The Hall–Kier alpha value is -2.76. The largest absolute Gasteiger partial charge is 0.462 e. The number of hydrogen-bond donors (Lipinski definition) is 0.